The van der Waals surface area contributed by atoms with Gasteiger partial charge in [0.2, 0.25) is 0 Å². The van der Waals surface area contributed by atoms with Gasteiger partial charge in [0, 0.05) is 6.61 Å². The molecule has 2 unspecified atom stereocenters. The van der Waals surface area contributed by atoms with Crippen LogP contribution in [-0.2, 0) is 13.6 Å². The number of rotatable bonds is 8. The van der Waals surface area contributed by atoms with Crippen molar-refractivity contribution in [1.29, 1.82) is 0 Å². The highest BCUT2D eigenvalue weighted by Gasteiger charge is 2.22. The number of epoxide rings is 1. The Morgan fingerprint density at radius 1 is 1.40 bits per heavy atom. The Kier molecular flexibility index (Phi) is 5.48. The van der Waals surface area contributed by atoms with Gasteiger partial charge in [-0.15, -0.1) is 0 Å². The topological polar surface area (TPSA) is 31.0 Å². The van der Waals surface area contributed by atoms with Crippen LogP contribution in [0.25, 0.3) is 0 Å². The van der Waals surface area contributed by atoms with Gasteiger partial charge >= 0.3 is 0 Å². The molecule has 5 heteroatoms. The van der Waals surface area contributed by atoms with Crippen LogP contribution in [0.5, 0.6) is 0 Å². The highest BCUT2D eigenvalue weighted by atomic mass is 28.4. The number of hydrogen-bond acceptors (Lipinski definition) is 3. The van der Waals surface area contributed by atoms with Crippen molar-refractivity contribution in [3.05, 3.63) is 0 Å². The summed E-state index contributed by atoms with van der Waals surface area (Å²) in [4.78, 5) is 0. The summed E-state index contributed by atoms with van der Waals surface area (Å²) < 4.78 is 16.6. The zero-order valence-electron chi connectivity index (χ0n) is 10.4. The van der Waals surface area contributed by atoms with Crippen LogP contribution in [0.2, 0.25) is 32.2 Å². The van der Waals surface area contributed by atoms with Gasteiger partial charge in [0.05, 0.1) is 13.2 Å². The molecule has 0 aromatic heterocycles. The van der Waals surface area contributed by atoms with Gasteiger partial charge in [0.15, 0.2) is 17.4 Å². The molecule has 0 radical (unpaired) electrons. The Labute approximate surface area is 96.0 Å². The standard InChI is InChI=1S/C10H24O3Si2/c1-14(13-15(2,3)4)7-5-6-11-8-10-9-12-10/h10,14H,5-9H2,1-4H3. The third kappa shape index (κ3) is 8.16. The van der Waals surface area contributed by atoms with E-state index in [0.717, 1.165) is 26.2 Å². The first-order valence-corrected chi connectivity index (χ1v) is 11.7. The van der Waals surface area contributed by atoms with Crippen molar-refractivity contribution in [1.82, 2.24) is 0 Å². The molecule has 1 saturated heterocycles. The third-order valence-electron chi connectivity index (χ3n) is 2.16. The summed E-state index contributed by atoms with van der Waals surface area (Å²) >= 11 is 0. The largest absolute Gasteiger partial charge is 0.458 e. The molecule has 0 aromatic rings. The van der Waals surface area contributed by atoms with Crippen LogP contribution < -0.4 is 0 Å². The highest BCUT2D eigenvalue weighted by Crippen LogP contribution is 2.11. The summed E-state index contributed by atoms with van der Waals surface area (Å²) in [6.07, 6.45) is 1.54. The lowest BCUT2D eigenvalue weighted by Gasteiger charge is -2.22. The van der Waals surface area contributed by atoms with E-state index in [4.69, 9.17) is 13.6 Å². The molecule has 0 aromatic carbocycles. The lowest BCUT2D eigenvalue weighted by atomic mass is 10.5. The normalized spacial score (nSPS) is 22.8. The Morgan fingerprint density at radius 2 is 2.07 bits per heavy atom. The van der Waals surface area contributed by atoms with Crippen LogP contribution in [0.1, 0.15) is 6.42 Å². The van der Waals surface area contributed by atoms with E-state index < -0.39 is 17.4 Å². The maximum atomic E-state index is 6.08. The fourth-order valence-corrected chi connectivity index (χ4v) is 7.56. The molecular formula is C10H24O3Si2. The Morgan fingerprint density at radius 3 is 2.60 bits per heavy atom. The summed E-state index contributed by atoms with van der Waals surface area (Å²) in [5.74, 6) is 0. The molecule has 1 heterocycles. The fourth-order valence-electron chi connectivity index (χ4n) is 1.51. The number of ether oxygens (including phenoxy) is 2. The first kappa shape index (κ1) is 13.4. The van der Waals surface area contributed by atoms with E-state index in [2.05, 4.69) is 26.2 Å². The Balaban J connectivity index is 1.89. The molecule has 3 nitrogen and oxygen atoms in total. The van der Waals surface area contributed by atoms with Gasteiger partial charge in [0.1, 0.15) is 6.10 Å². The van der Waals surface area contributed by atoms with Crippen molar-refractivity contribution < 1.29 is 13.6 Å². The van der Waals surface area contributed by atoms with Gasteiger partial charge in [-0.2, -0.15) is 0 Å². The smallest absolute Gasteiger partial charge is 0.170 e. The van der Waals surface area contributed by atoms with E-state index in [9.17, 15) is 0 Å². The molecular weight excluding hydrogens is 224 g/mol. The predicted molar refractivity (Wildman–Crippen MR) is 67.4 cm³/mol. The SMILES string of the molecule is C[SiH](CCCOCC1CO1)O[Si](C)(C)C. The molecule has 0 amide bonds. The molecule has 90 valence electrons. The van der Waals surface area contributed by atoms with Crippen LogP contribution in [0.3, 0.4) is 0 Å². The number of hydrogen-bond donors (Lipinski definition) is 0. The Hall–Kier alpha value is 0.314. The van der Waals surface area contributed by atoms with E-state index in [-0.39, 0.29) is 0 Å². The van der Waals surface area contributed by atoms with Gasteiger partial charge in [-0.05, 0) is 38.7 Å². The Bertz CT molecular complexity index is 178. The van der Waals surface area contributed by atoms with Crippen LogP contribution in [0.4, 0.5) is 0 Å². The quantitative estimate of drug-likeness (QED) is 0.374. The van der Waals surface area contributed by atoms with Crippen LogP contribution in [0, 0.1) is 0 Å². The summed E-state index contributed by atoms with van der Waals surface area (Å²) in [6, 6.07) is 1.23. The van der Waals surface area contributed by atoms with Crippen molar-refractivity contribution in [2.75, 3.05) is 19.8 Å². The zero-order valence-corrected chi connectivity index (χ0v) is 12.6. The van der Waals surface area contributed by atoms with Crippen molar-refractivity contribution >= 4 is 17.4 Å². The molecule has 15 heavy (non-hydrogen) atoms. The van der Waals surface area contributed by atoms with Gasteiger partial charge in [-0.25, -0.2) is 0 Å². The minimum absolute atomic E-state index is 0.401. The minimum Gasteiger partial charge on any atom is -0.458 e. The van der Waals surface area contributed by atoms with Crippen molar-refractivity contribution in [2.45, 2.75) is 44.8 Å². The lowest BCUT2D eigenvalue weighted by molar-refractivity contribution is 0.116. The molecule has 0 N–H and O–H groups in total. The maximum Gasteiger partial charge on any atom is 0.170 e. The predicted octanol–water partition coefficient (Wildman–Crippen LogP) is 2.00. The summed E-state index contributed by atoms with van der Waals surface area (Å²) in [7, 11) is -2.22. The summed E-state index contributed by atoms with van der Waals surface area (Å²) in [5.41, 5.74) is 0. The van der Waals surface area contributed by atoms with Gasteiger partial charge < -0.3 is 13.6 Å². The van der Waals surface area contributed by atoms with E-state index in [0.29, 0.717) is 6.10 Å². The molecule has 1 rings (SSSR count). The average molecular weight is 248 g/mol. The fraction of sp³-hybridized carbons (Fsp3) is 1.00. The summed E-state index contributed by atoms with van der Waals surface area (Å²) in [5, 5.41) is 0. The summed E-state index contributed by atoms with van der Waals surface area (Å²) in [6.45, 7) is 11.6. The van der Waals surface area contributed by atoms with Gasteiger partial charge in [0.25, 0.3) is 0 Å². The van der Waals surface area contributed by atoms with E-state index in [1.807, 2.05) is 0 Å². The monoisotopic (exact) mass is 248 g/mol. The molecule has 0 bridgehead atoms. The molecule has 0 aliphatic carbocycles. The zero-order chi connectivity index (χ0) is 11.3. The molecule has 1 fully saturated rings. The molecule has 2 atom stereocenters. The minimum atomic E-state index is -1.30. The lowest BCUT2D eigenvalue weighted by Crippen LogP contribution is -2.33. The van der Waals surface area contributed by atoms with Crippen LogP contribution in [-0.4, -0.2) is 43.3 Å². The second-order valence-corrected chi connectivity index (χ2v) is 12.6. The van der Waals surface area contributed by atoms with Crippen LogP contribution in [0.15, 0.2) is 0 Å². The second kappa shape index (κ2) is 6.15. The van der Waals surface area contributed by atoms with E-state index in [1.165, 1.54) is 6.04 Å². The van der Waals surface area contributed by atoms with E-state index >= 15 is 0 Å². The average Bonchev–Trinajstić information content (AvgIpc) is 2.83. The van der Waals surface area contributed by atoms with Crippen molar-refractivity contribution in [3.8, 4) is 0 Å². The third-order valence-corrected chi connectivity index (χ3v) is 7.82. The first-order valence-electron chi connectivity index (χ1n) is 5.84. The molecule has 1 aliphatic rings. The molecule has 0 saturated carbocycles. The highest BCUT2D eigenvalue weighted by molar-refractivity contribution is 6.77. The maximum absolute atomic E-state index is 6.08. The molecule has 0 spiro atoms. The van der Waals surface area contributed by atoms with E-state index in [1.54, 1.807) is 0 Å². The van der Waals surface area contributed by atoms with Gasteiger partial charge in [-0.3, -0.25) is 0 Å². The molecule has 1 aliphatic heterocycles. The van der Waals surface area contributed by atoms with Crippen molar-refractivity contribution in [2.24, 2.45) is 0 Å². The van der Waals surface area contributed by atoms with Crippen molar-refractivity contribution in [3.63, 3.8) is 0 Å². The first-order chi connectivity index (χ1) is 6.97. The second-order valence-electron chi connectivity index (χ2n) is 5.21. The van der Waals surface area contributed by atoms with Gasteiger partial charge in [-0.1, -0.05) is 0 Å². The van der Waals surface area contributed by atoms with Crippen LogP contribution >= 0.6 is 0 Å².